The van der Waals surface area contributed by atoms with Gasteiger partial charge in [-0.2, -0.15) is 13.2 Å². The number of amides is 1. The first-order chi connectivity index (χ1) is 13.5. The van der Waals surface area contributed by atoms with Gasteiger partial charge in [-0.3, -0.25) is 9.59 Å². The summed E-state index contributed by atoms with van der Waals surface area (Å²) in [5.41, 5.74) is -1.62. The van der Waals surface area contributed by atoms with E-state index in [0.29, 0.717) is 18.2 Å². The Bertz CT molecular complexity index is 956. The van der Waals surface area contributed by atoms with E-state index in [0.717, 1.165) is 20.1 Å². The van der Waals surface area contributed by atoms with Gasteiger partial charge in [-0.1, -0.05) is 0 Å². The maximum absolute atomic E-state index is 13.8. The molecule has 0 unspecified atom stereocenters. The average molecular weight is 413 g/mol. The Morgan fingerprint density at radius 1 is 1.07 bits per heavy atom. The normalized spacial score (nSPS) is 11.0. The molecule has 10 heteroatoms. The first-order valence-corrected chi connectivity index (χ1v) is 8.07. The van der Waals surface area contributed by atoms with Gasteiger partial charge in [0.2, 0.25) is 5.91 Å². The van der Waals surface area contributed by atoms with E-state index >= 15 is 0 Å². The minimum Gasteiger partial charge on any atom is -0.465 e. The Morgan fingerprint density at radius 2 is 1.76 bits per heavy atom. The number of halogens is 4. The number of hydrogen-bond acceptors (Lipinski definition) is 5. The van der Waals surface area contributed by atoms with Crippen LogP contribution < -0.4 is 10.1 Å². The van der Waals surface area contributed by atoms with Gasteiger partial charge >= 0.3 is 18.1 Å². The molecule has 0 saturated heterocycles. The van der Waals surface area contributed by atoms with Crippen LogP contribution in [-0.4, -0.2) is 25.0 Å². The standard InChI is InChI=1S/C19H15F4NO5/c1-10(25)29-16-6-4-13(9-14(16)18(27)28-2)24-17(26)8-11-7-12(19(21,22)23)3-5-15(11)20/h3-7,9H,8H2,1-2H3,(H,24,26). The summed E-state index contributed by atoms with van der Waals surface area (Å²) in [5.74, 6) is -3.42. The van der Waals surface area contributed by atoms with Crippen LogP contribution in [0.15, 0.2) is 36.4 Å². The lowest BCUT2D eigenvalue weighted by Gasteiger charge is -2.12. The highest BCUT2D eigenvalue weighted by Crippen LogP contribution is 2.30. The Morgan fingerprint density at radius 3 is 2.34 bits per heavy atom. The van der Waals surface area contributed by atoms with Crippen molar-refractivity contribution in [1.82, 2.24) is 0 Å². The number of anilines is 1. The number of ether oxygens (including phenoxy) is 2. The SMILES string of the molecule is COC(=O)c1cc(NC(=O)Cc2cc(C(F)(F)F)ccc2F)ccc1OC(C)=O. The van der Waals surface area contributed by atoms with E-state index in [2.05, 4.69) is 10.1 Å². The van der Waals surface area contributed by atoms with E-state index in [-0.39, 0.29) is 17.0 Å². The van der Waals surface area contributed by atoms with Crippen molar-refractivity contribution in [3.05, 3.63) is 58.9 Å². The molecular weight excluding hydrogens is 398 g/mol. The topological polar surface area (TPSA) is 81.7 Å². The molecule has 1 N–H and O–H groups in total. The number of rotatable bonds is 5. The Hall–Kier alpha value is -3.43. The molecule has 0 aromatic heterocycles. The summed E-state index contributed by atoms with van der Waals surface area (Å²) in [6.07, 6.45) is -5.35. The first-order valence-electron chi connectivity index (χ1n) is 8.07. The number of benzene rings is 2. The second-order valence-electron chi connectivity index (χ2n) is 5.83. The second-order valence-corrected chi connectivity index (χ2v) is 5.83. The number of carbonyl (C=O) groups excluding carboxylic acids is 3. The molecule has 2 rings (SSSR count). The molecule has 0 radical (unpaired) electrons. The van der Waals surface area contributed by atoms with Gasteiger partial charge in [0.25, 0.3) is 0 Å². The lowest BCUT2D eigenvalue weighted by atomic mass is 10.1. The maximum atomic E-state index is 13.8. The van der Waals surface area contributed by atoms with Crippen LogP contribution in [0.3, 0.4) is 0 Å². The molecule has 0 aliphatic rings. The number of hydrogen-bond donors (Lipinski definition) is 1. The van der Waals surface area contributed by atoms with Crippen molar-refractivity contribution in [2.45, 2.75) is 19.5 Å². The first kappa shape index (κ1) is 21.9. The molecule has 0 heterocycles. The molecule has 1 amide bonds. The molecule has 6 nitrogen and oxygen atoms in total. The van der Waals surface area contributed by atoms with E-state index in [1.807, 2.05) is 0 Å². The van der Waals surface area contributed by atoms with E-state index < -0.39 is 47.4 Å². The van der Waals surface area contributed by atoms with Crippen LogP contribution in [0.4, 0.5) is 23.2 Å². The summed E-state index contributed by atoms with van der Waals surface area (Å²) in [5, 5.41) is 2.34. The van der Waals surface area contributed by atoms with Crippen molar-refractivity contribution in [1.29, 1.82) is 0 Å². The van der Waals surface area contributed by atoms with Crippen molar-refractivity contribution in [2.75, 3.05) is 12.4 Å². The Kier molecular flexibility index (Phi) is 6.57. The zero-order valence-corrected chi connectivity index (χ0v) is 15.2. The fourth-order valence-electron chi connectivity index (χ4n) is 2.39. The summed E-state index contributed by atoms with van der Waals surface area (Å²) in [6, 6.07) is 5.45. The third-order valence-electron chi connectivity index (χ3n) is 3.65. The minimum absolute atomic E-state index is 0.0682. The van der Waals surface area contributed by atoms with Gasteiger partial charge in [0.05, 0.1) is 19.1 Å². The highest BCUT2D eigenvalue weighted by molar-refractivity contribution is 5.97. The molecule has 0 atom stereocenters. The van der Waals surface area contributed by atoms with Crippen LogP contribution in [0.1, 0.15) is 28.4 Å². The predicted octanol–water partition coefficient (Wildman–Crippen LogP) is 3.74. The zero-order chi connectivity index (χ0) is 21.8. The molecule has 0 saturated carbocycles. The van der Waals surface area contributed by atoms with E-state index in [1.165, 1.54) is 12.1 Å². The quantitative estimate of drug-likeness (QED) is 0.459. The number of alkyl halides is 3. The summed E-state index contributed by atoms with van der Waals surface area (Å²) >= 11 is 0. The lowest BCUT2D eigenvalue weighted by Crippen LogP contribution is -2.17. The van der Waals surface area contributed by atoms with Gasteiger partial charge in [-0.25, -0.2) is 9.18 Å². The number of esters is 2. The number of nitrogens with one attached hydrogen (secondary N) is 1. The van der Waals surface area contributed by atoms with E-state index in [1.54, 1.807) is 0 Å². The van der Waals surface area contributed by atoms with Crippen LogP contribution in [0, 0.1) is 5.82 Å². The molecule has 2 aromatic carbocycles. The molecule has 0 aliphatic heterocycles. The van der Waals surface area contributed by atoms with Gasteiger partial charge in [-0.15, -0.1) is 0 Å². The van der Waals surface area contributed by atoms with Crippen molar-refractivity contribution in [3.8, 4) is 5.75 Å². The third kappa shape index (κ3) is 5.77. The van der Waals surface area contributed by atoms with Crippen LogP contribution in [-0.2, 0) is 26.9 Å². The second kappa shape index (κ2) is 8.72. The van der Waals surface area contributed by atoms with Crippen LogP contribution in [0.2, 0.25) is 0 Å². The van der Waals surface area contributed by atoms with Crippen LogP contribution in [0.25, 0.3) is 0 Å². The predicted molar refractivity (Wildman–Crippen MR) is 92.8 cm³/mol. The molecule has 0 bridgehead atoms. The average Bonchev–Trinajstić information content (AvgIpc) is 2.62. The van der Waals surface area contributed by atoms with Crippen LogP contribution >= 0.6 is 0 Å². The Labute approximate surface area is 162 Å². The van der Waals surface area contributed by atoms with Gasteiger partial charge in [-0.05, 0) is 42.0 Å². The van der Waals surface area contributed by atoms with Crippen molar-refractivity contribution in [2.24, 2.45) is 0 Å². The summed E-state index contributed by atoms with van der Waals surface area (Å²) in [6.45, 7) is 1.13. The summed E-state index contributed by atoms with van der Waals surface area (Å²) < 4.78 is 61.5. The molecule has 154 valence electrons. The highest BCUT2D eigenvalue weighted by atomic mass is 19.4. The zero-order valence-electron chi connectivity index (χ0n) is 15.2. The Balaban J connectivity index is 2.23. The highest BCUT2D eigenvalue weighted by Gasteiger charge is 2.31. The largest absolute Gasteiger partial charge is 0.465 e. The molecule has 2 aromatic rings. The number of methoxy groups -OCH3 is 1. The summed E-state index contributed by atoms with van der Waals surface area (Å²) in [4.78, 5) is 35.1. The lowest BCUT2D eigenvalue weighted by molar-refractivity contribution is -0.137. The van der Waals surface area contributed by atoms with E-state index in [4.69, 9.17) is 4.74 Å². The molecule has 0 spiro atoms. The number of carbonyl (C=O) groups is 3. The van der Waals surface area contributed by atoms with Gasteiger partial charge in [0, 0.05) is 12.6 Å². The van der Waals surface area contributed by atoms with Gasteiger partial charge < -0.3 is 14.8 Å². The maximum Gasteiger partial charge on any atom is 0.416 e. The van der Waals surface area contributed by atoms with Crippen molar-refractivity contribution >= 4 is 23.5 Å². The molecular formula is C19H15F4NO5. The fraction of sp³-hybridized carbons (Fsp3) is 0.211. The van der Waals surface area contributed by atoms with Gasteiger partial charge in [0.1, 0.15) is 17.1 Å². The van der Waals surface area contributed by atoms with Crippen molar-refractivity contribution in [3.63, 3.8) is 0 Å². The molecule has 29 heavy (non-hydrogen) atoms. The van der Waals surface area contributed by atoms with E-state index in [9.17, 15) is 31.9 Å². The van der Waals surface area contributed by atoms with Crippen LogP contribution in [0.5, 0.6) is 5.75 Å². The minimum atomic E-state index is -4.68. The fourth-order valence-corrected chi connectivity index (χ4v) is 2.39. The van der Waals surface area contributed by atoms with Crippen molar-refractivity contribution < 1.29 is 41.4 Å². The monoisotopic (exact) mass is 413 g/mol. The molecule has 0 aliphatic carbocycles. The molecule has 0 fully saturated rings. The smallest absolute Gasteiger partial charge is 0.416 e. The van der Waals surface area contributed by atoms with Gasteiger partial charge in [0.15, 0.2) is 0 Å². The third-order valence-corrected chi connectivity index (χ3v) is 3.65. The summed E-state index contributed by atoms with van der Waals surface area (Å²) in [7, 11) is 1.10.